The number of hydrogen-bond donors (Lipinski definition) is 0. The van der Waals surface area contributed by atoms with Gasteiger partial charge in [0.15, 0.2) is 0 Å². The fourth-order valence-electron chi connectivity index (χ4n) is 1.77. The van der Waals surface area contributed by atoms with Crippen LogP contribution in [0.2, 0.25) is 10.0 Å². The average molecular weight is 230 g/mol. The molecule has 0 bridgehead atoms. The zero-order valence-corrected chi connectivity index (χ0v) is 9.19. The van der Waals surface area contributed by atoms with Gasteiger partial charge < -0.3 is 0 Å². The molecule has 2 nitrogen and oxygen atoms in total. The summed E-state index contributed by atoms with van der Waals surface area (Å²) in [7, 11) is 0. The molecule has 0 amide bonds. The van der Waals surface area contributed by atoms with Gasteiger partial charge in [0, 0.05) is 18.0 Å². The van der Waals surface area contributed by atoms with Crippen molar-refractivity contribution in [2.75, 3.05) is 0 Å². The van der Waals surface area contributed by atoms with Crippen LogP contribution in [0.1, 0.15) is 25.3 Å². The lowest BCUT2D eigenvalue weighted by molar-refractivity contribution is -0.119. The van der Waals surface area contributed by atoms with Crippen LogP contribution in [0.4, 0.5) is 0 Å². The standard InChI is InChI=1S/C10H9Cl2NO/c1-6(14)10(2-3-10)9-7(11)4-13-5-8(9)12/h4-5H,2-3H2,1H3. The van der Waals surface area contributed by atoms with Crippen molar-refractivity contribution in [3.8, 4) is 0 Å². The van der Waals surface area contributed by atoms with Crippen molar-refractivity contribution < 1.29 is 4.79 Å². The van der Waals surface area contributed by atoms with Gasteiger partial charge in [-0.3, -0.25) is 9.78 Å². The third-order valence-electron chi connectivity index (χ3n) is 2.76. The number of rotatable bonds is 2. The first-order valence-electron chi connectivity index (χ1n) is 4.38. The number of carbonyl (C=O) groups is 1. The van der Waals surface area contributed by atoms with Crippen LogP contribution < -0.4 is 0 Å². The van der Waals surface area contributed by atoms with E-state index in [2.05, 4.69) is 4.98 Å². The van der Waals surface area contributed by atoms with E-state index < -0.39 is 5.41 Å². The average Bonchev–Trinajstić information content (AvgIpc) is 2.85. The van der Waals surface area contributed by atoms with Gasteiger partial charge in [-0.25, -0.2) is 0 Å². The van der Waals surface area contributed by atoms with Gasteiger partial charge in [0.2, 0.25) is 0 Å². The van der Waals surface area contributed by atoms with Crippen LogP contribution in [0.5, 0.6) is 0 Å². The van der Waals surface area contributed by atoms with E-state index in [9.17, 15) is 4.79 Å². The predicted molar refractivity (Wildman–Crippen MR) is 55.9 cm³/mol. The van der Waals surface area contributed by atoms with Crippen LogP contribution in [-0.2, 0) is 10.2 Å². The van der Waals surface area contributed by atoms with Crippen LogP contribution in [0.15, 0.2) is 12.4 Å². The second-order valence-electron chi connectivity index (χ2n) is 3.62. The van der Waals surface area contributed by atoms with E-state index in [1.54, 1.807) is 6.92 Å². The van der Waals surface area contributed by atoms with E-state index in [-0.39, 0.29) is 5.78 Å². The van der Waals surface area contributed by atoms with Crippen molar-refractivity contribution >= 4 is 29.0 Å². The predicted octanol–water partition coefficient (Wildman–Crippen LogP) is 3.01. The summed E-state index contributed by atoms with van der Waals surface area (Å²) in [5.74, 6) is 0.132. The topological polar surface area (TPSA) is 30.0 Å². The zero-order valence-electron chi connectivity index (χ0n) is 7.68. The van der Waals surface area contributed by atoms with Crippen molar-refractivity contribution in [3.05, 3.63) is 28.0 Å². The van der Waals surface area contributed by atoms with Gasteiger partial charge in [-0.05, 0) is 19.8 Å². The summed E-state index contributed by atoms with van der Waals surface area (Å²) in [6.07, 6.45) is 4.75. The zero-order chi connectivity index (χ0) is 10.3. The second kappa shape index (κ2) is 3.21. The molecule has 0 spiro atoms. The van der Waals surface area contributed by atoms with Crippen molar-refractivity contribution in [2.24, 2.45) is 0 Å². The lowest BCUT2D eigenvalue weighted by atomic mass is 9.93. The van der Waals surface area contributed by atoms with Crippen molar-refractivity contribution in [3.63, 3.8) is 0 Å². The molecule has 0 radical (unpaired) electrons. The largest absolute Gasteiger partial charge is 0.299 e. The molecular formula is C10H9Cl2NO. The molecule has 1 saturated carbocycles. The summed E-state index contributed by atoms with van der Waals surface area (Å²) < 4.78 is 0. The summed E-state index contributed by atoms with van der Waals surface area (Å²) >= 11 is 12.0. The Morgan fingerprint density at radius 2 is 1.86 bits per heavy atom. The van der Waals surface area contributed by atoms with E-state index in [0.717, 1.165) is 18.4 Å². The number of carbonyl (C=O) groups excluding carboxylic acids is 1. The molecule has 4 heteroatoms. The molecule has 1 aliphatic rings. The third-order valence-corrected chi connectivity index (χ3v) is 3.33. The Bertz CT molecular complexity index is 379. The summed E-state index contributed by atoms with van der Waals surface area (Å²) in [4.78, 5) is 15.4. The normalized spacial score (nSPS) is 17.9. The van der Waals surface area contributed by atoms with Gasteiger partial charge in [0.05, 0.1) is 15.5 Å². The first-order valence-corrected chi connectivity index (χ1v) is 5.14. The fraction of sp³-hybridized carbons (Fsp3) is 0.400. The Labute approximate surface area is 92.2 Å². The first kappa shape index (κ1) is 9.94. The summed E-state index contributed by atoms with van der Waals surface area (Å²) in [5, 5.41) is 0.982. The maximum Gasteiger partial charge on any atom is 0.140 e. The molecule has 14 heavy (non-hydrogen) atoms. The molecule has 0 saturated heterocycles. The molecule has 1 heterocycles. The molecule has 74 valence electrons. The molecule has 0 N–H and O–H groups in total. The molecule has 0 aromatic carbocycles. The van der Waals surface area contributed by atoms with Crippen molar-refractivity contribution in [1.82, 2.24) is 4.98 Å². The number of halogens is 2. The van der Waals surface area contributed by atoms with Crippen molar-refractivity contribution in [2.45, 2.75) is 25.2 Å². The Hall–Kier alpha value is -0.600. The van der Waals surface area contributed by atoms with Gasteiger partial charge in [-0.1, -0.05) is 23.2 Å². The molecule has 0 aliphatic heterocycles. The van der Waals surface area contributed by atoms with E-state index >= 15 is 0 Å². The maximum atomic E-state index is 11.5. The molecule has 0 atom stereocenters. The molecule has 1 fully saturated rings. The molecule has 0 unspecified atom stereocenters. The van der Waals surface area contributed by atoms with Crippen LogP contribution in [0.3, 0.4) is 0 Å². The quantitative estimate of drug-likeness (QED) is 0.781. The number of nitrogens with zero attached hydrogens (tertiary/aromatic N) is 1. The number of hydrogen-bond acceptors (Lipinski definition) is 2. The highest BCUT2D eigenvalue weighted by Gasteiger charge is 2.51. The van der Waals surface area contributed by atoms with E-state index in [4.69, 9.17) is 23.2 Å². The van der Waals surface area contributed by atoms with E-state index in [0.29, 0.717) is 10.0 Å². The lowest BCUT2D eigenvalue weighted by Crippen LogP contribution is -2.18. The minimum Gasteiger partial charge on any atom is -0.299 e. The van der Waals surface area contributed by atoms with Crippen LogP contribution in [-0.4, -0.2) is 10.8 Å². The van der Waals surface area contributed by atoms with Gasteiger partial charge in [0.25, 0.3) is 0 Å². The minimum absolute atomic E-state index is 0.132. The van der Waals surface area contributed by atoms with Crippen LogP contribution in [0.25, 0.3) is 0 Å². The molecule has 1 aliphatic carbocycles. The van der Waals surface area contributed by atoms with Gasteiger partial charge in [-0.15, -0.1) is 0 Å². The van der Waals surface area contributed by atoms with Gasteiger partial charge >= 0.3 is 0 Å². The minimum atomic E-state index is -0.420. The van der Waals surface area contributed by atoms with E-state index in [1.165, 1.54) is 12.4 Å². The number of aromatic nitrogens is 1. The smallest absolute Gasteiger partial charge is 0.140 e. The molecule has 2 rings (SSSR count). The lowest BCUT2D eigenvalue weighted by Gasteiger charge is -2.14. The van der Waals surface area contributed by atoms with Crippen molar-refractivity contribution in [1.29, 1.82) is 0 Å². The Morgan fingerprint density at radius 1 is 1.36 bits per heavy atom. The monoisotopic (exact) mass is 229 g/mol. The highest BCUT2D eigenvalue weighted by molar-refractivity contribution is 6.36. The number of pyridine rings is 1. The number of ketones is 1. The Balaban J connectivity index is 2.56. The summed E-state index contributed by atoms with van der Waals surface area (Å²) in [5.41, 5.74) is 0.334. The highest BCUT2D eigenvalue weighted by atomic mass is 35.5. The van der Waals surface area contributed by atoms with Crippen LogP contribution >= 0.6 is 23.2 Å². The Morgan fingerprint density at radius 3 is 2.21 bits per heavy atom. The van der Waals surface area contributed by atoms with Gasteiger partial charge in [0.1, 0.15) is 5.78 Å². The highest BCUT2D eigenvalue weighted by Crippen LogP contribution is 2.53. The fourth-order valence-corrected chi connectivity index (χ4v) is 2.50. The summed E-state index contributed by atoms with van der Waals surface area (Å²) in [6, 6.07) is 0. The second-order valence-corrected chi connectivity index (χ2v) is 4.43. The molecular weight excluding hydrogens is 221 g/mol. The third kappa shape index (κ3) is 1.33. The first-order chi connectivity index (χ1) is 6.58. The molecule has 1 aromatic heterocycles. The van der Waals surface area contributed by atoms with Crippen LogP contribution in [0, 0.1) is 0 Å². The maximum absolute atomic E-state index is 11.5. The van der Waals surface area contributed by atoms with Gasteiger partial charge in [-0.2, -0.15) is 0 Å². The number of Topliss-reactive ketones (excluding diaryl/α,β-unsaturated/α-hetero) is 1. The summed E-state index contributed by atoms with van der Waals surface area (Å²) in [6.45, 7) is 1.58. The SMILES string of the molecule is CC(=O)C1(c2c(Cl)cncc2Cl)CC1. The molecule has 1 aromatic rings. The van der Waals surface area contributed by atoms with E-state index in [1.807, 2.05) is 0 Å². The Kier molecular flexibility index (Phi) is 2.28.